The molecule has 1 aromatic carbocycles. The molecule has 3 rings (SSSR count). The molecular weight excluding hydrogens is 336 g/mol. The van der Waals surface area contributed by atoms with E-state index in [0.29, 0.717) is 18.0 Å². The van der Waals surface area contributed by atoms with Crippen LogP contribution in [0.25, 0.3) is 0 Å². The molecule has 1 N–H and O–H groups in total. The van der Waals surface area contributed by atoms with Gasteiger partial charge >= 0.3 is 0 Å². The summed E-state index contributed by atoms with van der Waals surface area (Å²) in [7, 11) is -3.36. The third-order valence-corrected chi connectivity index (χ3v) is 6.21. The molecule has 2 atom stereocenters. The smallest absolute Gasteiger partial charge is 0.238 e. The SMILES string of the molecule is CS(=O)(=O)N1CCCCC1C(=O)NC1CCc2cc(Cl)ccc21. The van der Waals surface area contributed by atoms with E-state index >= 15 is 0 Å². The van der Waals surface area contributed by atoms with Gasteiger partial charge in [0.25, 0.3) is 0 Å². The van der Waals surface area contributed by atoms with E-state index in [1.165, 1.54) is 10.6 Å². The van der Waals surface area contributed by atoms with Crippen LogP contribution >= 0.6 is 11.6 Å². The molecule has 1 fully saturated rings. The number of benzene rings is 1. The Labute approximate surface area is 142 Å². The lowest BCUT2D eigenvalue weighted by atomic mass is 10.0. The zero-order chi connectivity index (χ0) is 16.6. The molecule has 5 nitrogen and oxygen atoms in total. The Bertz CT molecular complexity index is 720. The van der Waals surface area contributed by atoms with E-state index in [4.69, 9.17) is 11.6 Å². The van der Waals surface area contributed by atoms with Gasteiger partial charge in [0.05, 0.1) is 12.3 Å². The molecule has 2 aliphatic rings. The lowest BCUT2D eigenvalue weighted by molar-refractivity contribution is -0.126. The summed E-state index contributed by atoms with van der Waals surface area (Å²) in [4.78, 5) is 12.6. The van der Waals surface area contributed by atoms with E-state index in [0.717, 1.165) is 36.8 Å². The van der Waals surface area contributed by atoms with Crippen molar-refractivity contribution in [1.29, 1.82) is 0 Å². The molecule has 0 spiro atoms. The van der Waals surface area contributed by atoms with Crippen LogP contribution in [-0.4, -0.2) is 37.5 Å². The fourth-order valence-electron chi connectivity index (χ4n) is 3.57. The van der Waals surface area contributed by atoms with E-state index in [-0.39, 0.29) is 11.9 Å². The van der Waals surface area contributed by atoms with Gasteiger partial charge in [0, 0.05) is 11.6 Å². The first-order valence-electron chi connectivity index (χ1n) is 7.92. The number of fused-ring (bicyclic) bond motifs is 1. The molecule has 1 saturated heterocycles. The van der Waals surface area contributed by atoms with Crippen LogP contribution in [0.2, 0.25) is 5.02 Å². The fourth-order valence-corrected chi connectivity index (χ4v) is 4.89. The van der Waals surface area contributed by atoms with Crippen molar-refractivity contribution in [2.45, 2.75) is 44.2 Å². The van der Waals surface area contributed by atoms with Crippen LogP contribution in [0.5, 0.6) is 0 Å². The number of sulfonamides is 1. The largest absolute Gasteiger partial charge is 0.348 e. The Balaban J connectivity index is 1.75. The molecule has 1 heterocycles. The van der Waals surface area contributed by atoms with E-state index < -0.39 is 16.1 Å². The number of carbonyl (C=O) groups is 1. The second kappa shape index (κ2) is 6.42. The number of amides is 1. The summed E-state index contributed by atoms with van der Waals surface area (Å²) in [6.07, 6.45) is 5.14. The molecule has 23 heavy (non-hydrogen) atoms. The van der Waals surface area contributed by atoms with Gasteiger partial charge in [-0.05, 0) is 48.9 Å². The zero-order valence-corrected chi connectivity index (χ0v) is 14.7. The average molecular weight is 357 g/mol. The molecule has 0 radical (unpaired) electrons. The number of piperidine rings is 1. The summed E-state index contributed by atoms with van der Waals surface area (Å²) in [6, 6.07) is 5.07. The molecule has 0 bridgehead atoms. The normalized spacial score (nSPS) is 25.1. The molecule has 0 saturated carbocycles. The van der Waals surface area contributed by atoms with Gasteiger partial charge in [-0.25, -0.2) is 8.42 Å². The molecule has 0 aromatic heterocycles. The van der Waals surface area contributed by atoms with Gasteiger partial charge in [0.2, 0.25) is 15.9 Å². The standard InChI is InChI=1S/C16H21ClN2O3S/c1-23(21,22)19-9-3-2-4-15(19)16(20)18-14-8-5-11-10-12(17)6-7-13(11)14/h6-7,10,14-15H,2-5,8-9H2,1H3,(H,18,20). The molecule has 1 aromatic rings. The quantitative estimate of drug-likeness (QED) is 0.903. The highest BCUT2D eigenvalue weighted by molar-refractivity contribution is 7.88. The van der Waals surface area contributed by atoms with Gasteiger partial charge in [0.15, 0.2) is 0 Å². The second-order valence-electron chi connectivity index (χ2n) is 6.33. The Morgan fingerprint density at radius 1 is 1.30 bits per heavy atom. The predicted molar refractivity (Wildman–Crippen MR) is 89.8 cm³/mol. The summed E-state index contributed by atoms with van der Waals surface area (Å²) in [5.41, 5.74) is 2.25. The van der Waals surface area contributed by atoms with Crippen molar-refractivity contribution < 1.29 is 13.2 Å². The van der Waals surface area contributed by atoms with Crippen molar-refractivity contribution >= 4 is 27.5 Å². The van der Waals surface area contributed by atoms with Gasteiger partial charge in [-0.3, -0.25) is 4.79 Å². The van der Waals surface area contributed by atoms with Gasteiger partial charge in [0.1, 0.15) is 6.04 Å². The zero-order valence-electron chi connectivity index (χ0n) is 13.1. The van der Waals surface area contributed by atoms with Gasteiger partial charge in [-0.15, -0.1) is 0 Å². The number of halogens is 1. The fraction of sp³-hybridized carbons (Fsp3) is 0.562. The van der Waals surface area contributed by atoms with E-state index in [1.54, 1.807) is 0 Å². The highest BCUT2D eigenvalue weighted by atomic mass is 35.5. The maximum atomic E-state index is 12.6. The van der Waals surface area contributed by atoms with Crippen LogP contribution in [0.1, 0.15) is 42.9 Å². The van der Waals surface area contributed by atoms with Crippen LogP contribution in [-0.2, 0) is 21.2 Å². The number of carbonyl (C=O) groups excluding carboxylic acids is 1. The average Bonchev–Trinajstić information content (AvgIpc) is 2.88. The second-order valence-corrected chi connectivity index (χ2v) is 8.70. The number of nitrogens with zero attached hydrogens (tertiary/aromatic N) is 1. The monoisotopic (exact) mass is 356 g/mol. The topological polar surface area (TPSA) is 66.5 Å². The molecule has 2 unspecified atom stereocenters. The minimum Gasteiger partial charge on any atom is -0.348 e. The van der Waals surface area contributed by atoms with Crippen molar-refractivity contribution in [3.05, 3.63) is 34.3 Å². The van der Waals surface area contributed by atoms with Crippen LogP contribution in [0, 0.1) is 0 Å². The summed E-state index contributed by atoms with van der Waals surface area (Å²) in [5.74, 6) is -0.192. The number of aryl methyl sites for hydroxylation is 1. The highest BCUT2D eigenvalue weighted by Gasteiger charge is 2.36. The molecule has 1 aliphatic heterocycles. The minimum absolute atomic E-state index is 0.0573. The van der Waals surface area contributed by atoms with Crippen molar-refractivity contribution in [3.63, 3.8) is 0 Å². The third-order valence-electron chi connectivity index (χ3n) is 4.68. The Morgan fingerprint density at radius 3 is 2.83 bits per heavy atom. The number of nitrogens with one attached hydrogen (secondary N) is 1. The first kappa shape index (κ1) is 16.7. The van der Waals surface area contributed by atoms with Gasteiger partial charge in [-0.2, -0.15) is 4.31 Å². The molecule has 1 aliphatic carbocycles. The first-order valence-corrected chi connectivity index (χ1v) is 10.1. The maximum absolute atomic E-state index is 12.6. The summed E-state index contributed by atoms with van der Waals surface area (Å²) in [6.45, 7) is 0.424. The van der Waals surface area contributed by atoms with E-state index in [1.807, 2.05) is 18.2 Å². The minimum atomic E-state index is -3.36. The van der Waals surface area contributed by atoms with Gasteiger partial charge < -0.3 is 5.32 Å². The third kappa shape index (κ3) is 3.54. The van der Waals surface area contributed by atoms with Crippen LogP contribution < -0.4 is 5.32 Å². The Morgan fingerprint density at radius 2 is 2.09 bits per heavy atom. The van der Waals surface area contributed by atoms with Gasteiger partial charge in [-0.1, -0.05) is 24.1 Å². The molecule has 7 heteroatoms. The lowest BCUT2D eigenvalue weighted by Gasteiger charge is -2.33. The predicted octanol–water partition coefficient (Wildman–Crippen LogP) is 2.26. The van der Waals surface area contributed by atoms with Crippen LogP contribution in [0.3, 0.4) is 0 Å². The van der Waals surface area contributed by atoms with Crippen molar-refractivity contribution in [3.8, 4) is 0 Å². The van der Waals surface area contributed by atoms with E-state index in [9.17, 15) is 13.2 Å². The number of rotatable bonds is 3. The van der Waals surface area contributed by atoms with Crippen molar-refractivity contribution in [2.24, 2.45) is 0 Å². The summed E-state index contributed by atoms with van der Waals surface area (Å²) in [5, 5.41) is 3.74. The van der Waals surface area contributed by atoms with Crippen molar-refractivity contribution in [2.75, 3.05) is 12.8 Å². The van der Waals surface area contributed by atoms with E-state index in [2.05, 4.69) is 5.32 Å². The molecular formula is C16H21ClN2O3S. The molecule has 1 amide bonds. The first-order chi connectivity index (χ1) is 10.9. The summed E-state index contributed by atoms with van der Waals surface area (Å²) >= 11 is 6.01. The maximum Gasteiger partial charge on any atom is 0.238 e. The van der Waals surface area contributed by atoms with Crippen LogP contribution in [0.15, 0.2) is 18.2 Å². The lowest BCUT2D eigenvalue weighted by Crippen LogP contribution is -2.51. The summed E-state index contributed by atoms with van der Waals surface area (Å²) < 4.78 is 25.1. The number of hydrogen-bond donors (Lipinski definition) is 1. The highest BCUT2D eigenvalue weighted by Crippen LogP contribution is 2.33. The molecule has 126 valence electrons. The van der Waals surface area contributed by atoms with Crippen molar-refractivity contribution in [1.82, 2.24) is 9.62 Å². The Kier molecular flexibility index (Phi) is 4.67. The van der Waals surface area contributed by atoms with Crippen LogP contribution in [0.4, 0.5) is 0 Å². The Hall–Kier alpha value is -1.11. The number of hydrogen-bond acceptors (Lipinski definition) is 3.